The Kier molecular flexibility index (Phi) is 6.39. The van der Waals surface area contributed by atoms with Crippen molar-refractivity contribution in [2.45, 2.75) is 33.6 Å². The SMILES string of the molecule is CCC#CC(C)Cc1cc(Cl)cc(Cl)c1OCC. The molecule has 1 rings (SSSR count). The molecular weight excluding hydrogens is 267 g/mol. The third-order valence-corrected chi connectivity index (χ3v) is 2.92. The van der Waals surface area contributed by atoms with Crippen LogP contribution in [0.25, 0.3) is 0 Å². The van der Waals surface area contributed by atoms with Gasteiger partial charge < -0.3 is 4.74 Å². The fraction of sp³-hybridized carbons (Fsp3) is 0.467. The van der Waals surface area contributed by atoms with Gasteiger partial charge in [0.2, 0.25) is 0 Å². The predicted octanol–water partition coefficient (Wildman–Crippen LogP) is 4.98. The highest BCUT2D eigenvalue weighted by atomic mass is 35.5. The molecule has 0 N–H and O–H groups in total. The standard InChI is InChI=1S/C15H18Cl2O/c1-4-6-7-11(3)8-12-9-13(16)10-14(17)15(12)18-5-2/h9-11H,4-5,8H2,1-3H3. The summed E-state index contributed by atoms with van der Waals surface area (Å²) >= 11 is 12.2. The number of hydrogen-bond acceptors (Lipinski definition) is 1. The van der Waals surface area contributed by atoms with Crippen LogP contribution in [0.5, 0.6) is 5.75 Å². The van der Waals surface area contributed by atoms with Gasteiger partial charge in [-0.15, -0.1) is 5.92 Å². The van der Waals surface area contributed by atoms with E-state index in [0.29, 0.717) is 16.7 Å². The first-order valence-electron chi connectivity index (χ1n) is 6.17. The minimum atomic E-state index is 0.263. The quantitative estimate of drug-likeness (QED) is 0.708. The molecule has 1 nitrogen and oxygen atoms in total. The van der Waals surface area contributed by atoms with Crippen molar-refractivity contribution in [1.82, 2.24) is 0 Å². The topological polar surface area (TPSA) is 9.23 Å². The fourth-order valence-corrected chi connectivity index (χ4v) is 2.32. The molecule has 3 heteroatoms. The van der Waals surface area contributed by atoms with E-state index in [0.717, 1.165) is 24.2 Å². The molecule has 1 aromatic rings. The second kappa shape index (κ2) is 7.56. The second-order valence-electron chi connectivity index (χ2n) is 4.09. The van der Waals surface area contributed by atoms with Crippen molar-refractivity contribution in [1.29, 1.82) is 0 Å². The molecule has 0 amide bonds. The van der Waals surface area contributed by atoms with E-state index < -0.39 is 0 Å². The van der Waals surface area contributed by atoms with Crippen molar-refractivity contribution in [3.8, 4) is 17.6 Å². The van der Waals surface area contributed by atoms with Gasteiger partial charge in [-0.1, -0.05) is 43.0 Å². The molecule has 1 aromatic carbocycles. The van der Waals surface area contributed by atoms with Crippen LogP contribution in [0.3, 0.4) is 0 Å². The van der Waals surface area contributed by atoms with E-state index in [9.17, 15) is 0 Å². The number of rotatable bonds is 4. The molecule has 0 aliphatic carbocycles. The molecule has 0 saturated carbocycles. The number of ether oxygens (including phenoxy) is 1. The zero-order valence-electron chi connectivity index (χ0n) is 11.0. The lowest BCUT2D eigenvalue weighted by Gasteiger charge is -2.14. The van der Waals surface area contributed by atoms with E-state index in [2.05, 4.69) is 18.8 Å². The number of halogens is 2. The van der Waals surface area contributed by atoms with E-state index in [1.54, 1.807) is 6.07 Å². The molecule has 0 bridgehead atoms. The van der Waals surface area contributed by atoms with Crippen molar-refractivity contribution in [2.75, 3.05) is 6.61 Å². The summed E-state index contributed by atoms with van der Waals surface area (Å²) in [5, 5.41) is 1.20. The van der Waals surface area contributed by atoms with E-state index in [1.807, 2.05) is 19.9 Å². The van der Waals surface area contributed by atoms with Gasteiger partial charge in [0.1, 0.15) is 5.75 Å². The van der Waals surface area contributed by atoms with Gasteiger partial charge >= 0.3 is 0 Å². The van der Waals surface area contributed by atoms with Crippen LogP contribution in [0.1, 0.15) is 32.8 Å². The summed E-state index contributed by atoms with van der Waals surface area (Å²) in [6.45, 7) is 6.66. The molecule has 0 aliphatic rings. The Morgan fingerprint density at radius 3 is 2.61 bits per heavy atom. The predicted molar refractivity (Wildman–Crippen MR) is 78.6 cm³/mol. The van der Waals surface area contributed by atoms with Crippen molar-refractivity contribution in [3.05, 3.63) is 27.7 Å². The Labute approximate surface area is 119 Å². The number of hydrogen-bond donors (Lipinski definition) is 0. The summed E-state index contributed by atoms with van der Waals surface area (Å²) in [5.74, 6) is 7.28. The van der Waals surface area contributed by atoms with Crippen molar-refractivity contribution < 1.29 is 4.74 Å². The first kappa shape index (κ1) is 15.2. The molecular formula is C15H18Cl2O. The lowest BCUT2D eigenvalue weighted by atomic mass is 10.0. The van der Waals surface area contributed by atoms with Crippen LogP contribution < -0.4 is 4.74 Å². The monoisotopic (exact) mass is 284 g/mol. The summed E-state index contributed by atoms with van der Waals surface area (Å²) in [5.41, 5.74) is 1.02. The van der Waals surface area contributed by atoms with Crippen LogP contribution in [0.4, 0.5) is 0 Å². The molecule has 0 spiro atoms. The molecule has 0 radical (unpaired) electrons. The lowest BCUT2D eigenvalue weighted by molar-refractivity contribution is 0.336. The summed E-state index contributed by atoms with van der Waals surface area (Å²) in [7, 11) is 0. The van der Waals surface area contributed by atoms with Crippen LogP contribution in [0, 0.1) is 17.8 Å². The zero-order valence-corrected chi connectivity index (χ0v) is 12.5. The van der Waals surface area contributed by atoms with Crippen molar-refractivity contribution >= 4 is 23.2 Å². The van der Waals surface area contributed by atoms with Crippen LogP contribution in [0.15, 0.2) is 12.1 Å². The van der Waals surface area contributed by atoms with Crippen molar-refractivity contribution in [3.63, 3.8) is 0 Å². The van der Waals surface area contributed by atoms with Gasteiger partial charge in [0, 0.05) is 17.4 Å². The molecule has 0 aliphatic heterocycles. The summed E-state index contributed by atoms with van der Waals surface area (Å²) in [6, 6.07) is 3.61. The van der Waals surface area contributed by atoms with E-state index in [-0.39, 0.29) is 5.92 Å². The maximum absolute atomic E-state index is 6.16. The Bertz CT molecular complexity index is 458. The lowest BCUT2D eigenvalue weighted by Crippen LogP contribution is -2.02. The second-order valence-corrected chi connectivity index (χ2v) is 4.93. The van der Waals surface area contributed by atoms with E-state index in [4.69, 9.17) is 27.9 Å². The average Bonchev–Trinajstić information content (AvgIpc) is 2.31. The first-order valence-corrected chi connectivity index (χ1v) is 6.93. The molecule has 1 atom stereocenters. The highest BCUT2D eigenvalue weighted by Crippen LogP contribution is 2.33. The normalized spacial score (nSPS) is 11.6. The summed E-state index contributed by atoms with van der Waals surface area (Å²) < 4.78 is 5.59. The molecule has 98 valence electrons. The van der Waals surface area contributed by atoms with Crippen LogP contribution in [-0.2, 0) is 6.42 Å². The smallest absolute Gasteiger partial charge is 0.141 e. The highest BCUT2D eigenvalue weighted by Gasteiger charge is 2.12. The van der Waals surface area contributed by atoms with Gasteiger partial charge in [-0.05, 0) is 31.0 Å². The van der Waals surface area contributed by atoms with E-state index >= 15 is 0 Å². The molecule has 0 aromatic heterocycles. The molecule has 18 heavy (non-hydrogen) atoms. The maximum atomic E-state index is 6.16. The van der Waals surface area contributed by atoms with Gasteiger partial charge in [0.25, 0.3) is 0 Å². The number of benzene rings is 1. The van der Waals surface area contributed by atoms with Gasteiger partial charge in [0.05, 0.1) is 11.6 Å². The maximum Gasteiger partial charge on any atom is 0.141 e. The first-order chi connectivity index (χ1) is 8.58. The van der Waals surface area contributed by atoms with E-state index in [1.165, 1.54) is 0 Å². The molecule has 0 heterocycles. The minimum Gasteiger partial charge on any atom is -0.492 e. The largest absolute Gasteiger partial charge is 0.492 e. The van der Waals surface area contributed by atoms with Gasteiger partial charge in [-0.25, -0.2) is 0 Å². The van der Waals surface area contributed by atoms with Crippen LogP contribution >= 0.6 is 23.2 Å². The van der Waals surface area contributed by atoms with Gasteiger partial charge in [-0.3, -0.25) is 0 Å². The Hall–Kier alpha value is -0.840. The third kappa shape index (κ3) is 4.44. The highest BCUT2D eigenvalue weighted by molar-refractivity contribution is 6.35. The van der Waals surface area contributed by atoms with Gasteiger partial charge in [0.15, 0.2) is 0 Å². The summed E-state index contributed by atoms with van der Waals surface area (Å²) in [4.78, 5) is 0. The molecule has 0 saturated heterocycles. The minimum absolute atomic E-state index is 0.263. The van der Waals surface area contributed by atoms with Crippen molar-refractivity contribution in [2.24, 2.45) is 5.92 Å². The fourth-order valence-electron chi connectivity index (χ4n) is 1.73. The summed E-state index contributed by atoms with van der Waals surface area (Å²) in [6.07, 6.45) is 1.67. The Balaban J connectivity index is 2.98. The zero-order chi connectivity index (χ0) is 13.5. The van der Waals surface area contributed by atoms with Gasteiger partial charge in [-0.2, -0.15) is 0 Å². The molecule has 1 unspecified atom stereocenters. The van der Waals surface area contributed by atoms with Crippen LogP contribution in [0.2, 0.25) is 10.0 Å². The molecule has 0 fully saturated rings. The third-order valence-electron chi connectivity index (χ3n) is 2.43. The van der Waals surface area contributed by atoms with Crippen LogP contribution in [-0.4, -0.2) is 6.61 Å². The Morgan fingerprint density at radius 1 is 1.28 bits per heavy atom. The Morgan fingerprint density at radius 2 is 2.00 bits per heavy atom. The average molecular weight is 285 g/mol.